The zero-order chi connectivity index (χ0) is 37.2. The number of benzene rings is 10. The molecule has 13 rings (SSSR count). The van der Waals surface area contributed by atoms with E-state index in [1.165, 1.54) is 98.6 Å². The molecular weight excluding hydrogens is 691 g/mol. The van der Waals surface area contributed by atoms with E-state index in [-0.39, 0.29) is 0 Å². The van der Waals surface area contributed by atoms with Gasteiger partial charge in [0.15, 0.2) is 0 Å². The van der Waals surface area contributed by atoms with Crippen molar-refractivity contribution in [2.75, 3.05) is 0 Å². The Balaban J connectivity index is 1.16. The highest BCUT2D eigenvalue weighted by Crippen LogP contribution is 2.63. The first-order chi connectivity index (χ1) is 28.3. The van der Waals surface area contributed by atoms with Crippen molar-refractivity contribution >= 4 is 54.1 Å². The summed E-state index contributed by atoms with van der Waals surface area (Å²) >= 11 is 0. The van der Waals surface area contributed by atoms with Crippen molar-refractivity contribution in [1.82, 2.24) is 4.57 Å². The number of rotatable bonds is 2. The van der Waals surface area contributed by atoms with Gasteiger partial charge in [0.2, 0.25) is 0 Å². The second-order valence-electron chi connectivity index (χ2n) is 15.6. The zero-order valence-corrected chi connectivity index (χ0v) is 30.9. The lowest BCUT2D eigenvalue weighted by atomic mass is 9.65. The zero-order valence-electron chi connectivity index (χ0n) is 30.9. The van der Waals surface area contributed by atoms with Crippen LogP contribution < -0.4 is 4.74 Å². The molecule has 264 valence electrons. The van der Waals surface area contributed by atoms with E-state index in [1.807, 2.05) is 0 Å². The largest absolute Gasteiger partial charge is 0.457 e. The van der Waals surface area contributed by atoms with E-state index in [9.17, 15) is 0 Å². The molecule has 10 aromatic carbocycles. The molecule has 2 heterocycles. The minimum Gasteiger partial charge on any atom is -0.457 e. The van der Waals surface area contributed by atoms with Crippen molar-refractivity contribution in [2.24, 2.45) is 0 Å². The fourth-order valence-corrected chi connectivity index (χ4v) is 10.5. The van der Waals surface area contributed by atoms with Gasteiger partial charge in [-0.25, -0.2) is 0 Å². The number of hydrogen-bond acceptors (Lipinski definition) is 1. The third kappa shape index (κ3) is 4.04. The molecule has 2 nitrogen and oxygen atoms in total. The molecule has 0 bridgehead atoms. The van der Waals surface area contributed by atoms with E-state index in [0.717, 1.165) is 17.2 Å². The molecule has 2 aliphatic rings. The van der Waals surface area contributed by atoms with Crippen LogP contribution in [0.25, 0.3) is 82.1 Å². The normalized spacial score (nSPS) is 15.2. The summed E-state index contributed by atoms with van der Waals surface area (Å²) < 4.78 is 9.31. The molecule has 57 heavy (non-hydrogen) atoms. The number of fused-ring (bicyclic) bond motifs is 18. The number of hydrogen-bond donors (Lipinski definition) is 0. The van der Waals surface area contributed by atoms with Gasteiger partial charge in [-0.1, -0.05) is 152 Å². The van der Waals surface area contributed by atoms with E-state index in [4.69, 9.17) is 4.74 Å². The predicted octanol–water partition coefficient (Wildman–Crippen LogP) is 14.4. The maximum absolute atomic E-state index is 6.81. The Morgan fingerprint density at radius 1 is 0.316 bits per heavy atom. The van der Waals surface area contributed by atoms with E-state index >= 15 is 0 Å². The highest BCUT2D eigenvalue weighted by molar-refractivity contribution is 6.25. The first-order valence-electron chi connectivity index (χ1n) is 19.8. The summed E-state index contributed by atoms with van der Waals surface area (Å²) in [5.74, 6) is 1.79. The number of nitrogens with zero attached hydrogens (tertiary/aromatic N) is 1. The van der Waals surface area contributed by atoms with Gasteiger partial charge in [-0.05, 0) is 114 Å². The van der Waals surface area contributed by atoms with Crippen LogP contribution in [0.2, 0.25) is 0 Å². The van der Waals surface area contributed by atoms with Gasteiger partial charge < -0.3 is 9.30 Å². The first kappa shape index (κ1) is 30.9. The summed E-state index contributed by atoms with van der Waals surface area (Å²) in [4.78, 5) is 0. The smallest absolute Gasteiger partial charge is 0.132 e. The molecule has 0 N–H and O–H groups in total. The Morgan fingerprint density at radius 2 is 0.930 bits per heavy atom. The monoisotopic (exact) mass is 723 g/mol. The minimum absolute atomic E-state index is 0.602. The number of para-hydroxylation sites is 2. The maximum atomic E-state index is 6.81. The Labute approximate surface area is 329 Å². The van der Waals surface area contributed by atoms with Crippen LogP contribution in [-0.4, -0.2) is 4.57 Å². The van der Waals surface area contributed by atoms with Crippen LogP contribution in [0.4, 0.5) is 0 Å². The Bertz CT molecular complexity index is 3470. The molecule has 0 fully saturated rings. The van der Waals surface area contributed by atoms with Crippen LogP contribution >= 0.6 is 0 Å². The summed E-state index contributed by atoms with van der Waals surface area (Å²) in [5, 5.41) is 10.2. The van der Waals surface area contributed by atoms with Crippen molar-refractivity contribution in [2.45, 2.75) is 5.41 Å². The van der Waals surface area contributed by atoms with Crippen LogP contribution in [0.1, 0.15) is 22.3 Å². The number of aromatic nitrogens is 1. The van der Waals surface area contributed by atoms with Crippen LogP contribution in [0.5, 0.6) is 11.5 Å². The molecule has 1 aliphatic heterocycles. The van der Waals surface area contributed by atoms with E-state index in [2.05, 4.69) is 205 Å². The van der Waals surface area contributed by atoms with Gasteiger partial charge in [-0.15, -0.1) is 0 Å². The summed E-state index contributed by atoms with van der Waals surface area (Å²) in [6.45, 7) is 0. The highest BCUT2D eigenvalue weighted by atomic mass is 16.5. The Hall–Kier alpha value is -7.42. The van der Waals surface area contributed by atoms with Gasteiger partial charge in [0.25, 0.3) is 0 Å². The molecule has 1 atom stereocenters. The maximum Gasteiger partial charge on any atom is 0.132 e. The quantitative estimate of drug-likeness (QED) is 0.162. The van der Waals surface area contributed by atoms with E-state index < -0.39 is 5.41 Å². The fraction of sp³-hybridized carbons (Fsp3) is 0.0182. The molecule has 0 amide bonds. The third-order valence-electron chi connectivity index (χ3n) is 12.8. The van der Waals surface area contributed by atoms with Crippen molar-refractivity contribution in [3.05, 3.63) is 222 Å². The molecule has 1 aliphatic carbocycles. The summed E-state index contributed by atoms with van der Waals surface area (Å²) in [7, 11) is 0. The average Bonchev–Trinajstić information content (AvgIpc) is 3.76. The Kier molecular flexibility index (Phi) is 6.13. The summed E-state index contributed by atoms with van der Waals surface area (Å²) in [6.07, 6.45) is 0. The van der Waals surface area contributed by atoms with Gasteiger partial charge in [-0.3, -0.25) is 0 Å². The van der Waals surface area contributed by atoms with Crippen LogP contribution in [-0.2, 0) is 5.41 Å². The molecule has 1 unspecified atom stereocenters. The molecular formula is C55H33NO. The standard InChI is InChI=1S/C55H33NO/c1-2-14-34(15-3-1)35-26-29-54-50(30-35)55(48-23-11-13-25-53(48)57-54)47-22-10-8-20-42(47)45-32-46-43-21-9-12-24-51(43)56(52(46)33-49(45)55)36-27-28-41-39-18-5-4-16-37(39)38-17-6-7-19-40(38)44(41)31-36/h1-33H. The van der Waals surface area contributed by atoms with E-state index in [1.54, 1.807) is 0 Å². The van der Waals surface area contributed by atoms with Gasteiger partial charge in [0, 0.05) is 27.6 Å². The van der Waals surface area contributed by atoms with Crippen molar-refractivity contribution in [3.63, 3.8) is 0 Å². The summed E-state index contributed by atoms with van der Waals surface area (Å²) in [6, 6.07) is 73.8. The van der Waals surface area contributed by atoms with Crippen molar-refractivity contribution < 1.29 is 4.74 Å². The molecule has 0 saturated heterocycles. The number of ether oxygens (including phenoxy) is 1. The molecule has 0 saturated carbocycles. The summed E-state index contributed by atoms with van der Waals surface area (Å²) in [5.41, 5.74) is 12.7. The van der Waals surface area contributed by atoms with Crippen LogP contribution in [0, 0.1) is 0 Å². The lowest BCUT2D eigenvalue weighted by molar-refractivity contribution is 0.436. The van der Waals surface area contributed by atoms with E-state index in [0.29, 0.717) is 0 Å². The molecule has 1 aromatic heterocycles. The third-order valence-corrected chi connectivity index (χ3v) is 12.8. The van der Waals surface area contributed by atoms with Crippen molar-refractivity contribution in [1.29, 1.82) is 0 Å². The minimum atomic E-state index is -0.602. The predicted molar refractivity (Wildman–Crippen MR) is 236 cm³/mol. The lowest BCUT2D eigenvalue weighted by Crippen LogP contribution is -2.32. The van der Waals surface area contributed by atoms with Gasteiger partial charge in [-0.2, -0.15) is 0 Å². The van der Waals surface area contributed by atoms with Crippen LogP contribution in [0.15, 0.2) is 200 Å². The van der Waals surface area contributed by atoms with Gasteiger partial charge in [0.1, 0.15) is 11.5 Å². The van der Waals surface area contributed by atoms with Gasteiger partial charge >= 0.3 is 0 Å². The molecule has 1 spiro atoms. The lowest BCUT2D eigenvalue weighted by Gasteiger charge is -2.39. The SMILES string of the molecule is c1ccc(-c2ccc3c(c2)C2(c4ccccc4O3)c3ccccc3-c3cc4c5ccccc5n(-c5ccc6c7ccccc7c7ccccc7c6c5)c4cc32)cc1. The molecule has 11 aromatic rings. The highest BCUT2D eigenvalue weighted by Gasteiger charge is 2.51. The Morgan fingerprint density at radius 3 is 1.72 bits per heavy atom. The second-order valence-corrected chi connectivity index (χ2v) is 15.6. The average molecular weight is 724 g/mol. The second kappa shape index (κ2) is 11.3. The molecule has 0 radical (unpaired) electrons. The fourth-order valence-electron chi connectivity index (χ4n) is 10.5. The first-order valence-corrected chi connectivity index (χ1v) is 19.8. The van der Waals surface area contributed by atoms with Crippen molar-refractivity contribution in [3.8, 4) is 39.4 Å². The topological polar surface area (TPSA) is 14.2 Å². The van der Waals surface area contributed by atoms with Crippen LogP contribution in [0.3, 0.4) is 0 Å². The molecule has 2 heteroatoms. The van der Waals surface area contributed by atoms with Gasteiger partial charge in [0.05, 0.1) is 16.4 Å².